The third-order valence-corrected chi connectivity index (χ3v) is 2.73. The van der Waals surface area contributed by atoms with Gasteiger partial charge in [0, 0.05) is 31.3 Å². The summed E-state index contributed by atoms with van der Waals surface area (Å²) >= 11 is 0. The maximum Gasteiger partial charge on any atom is 0.333 e. The molecule has 0 radical (unpaired) electrons. The largest absolute Gasteiger partial charge is 0.466 e. The van der Waals surface area contributed by atoms with Gasteiger partial charge < -0.3 is 9.84 Å². The summed E-state index contributed by atoms with van der Waals surface area (Å²) in [6.07, 6.45) is 3.35. The standard InChI is InChI=1S/C13H25NO3/c1-5-12(13(16)17-4)7-9-14(11(2)3)8-6-10-15/h7,11,15H,5-6,8-10H2,1-4H3. The predicted octanol–water partition coefficient (Wildman–Crippen LogP) is 1.59. The molecule has 0 saturated heterocycles. The molecule has 0 aromatic carbocycles. The molecule has 0 heterocycles. The van der Waals surface area contributed by atoms with E-state index in [0.717, 1.165) is 19.5 Å². The Balaban J connectivity index is 4.42. The van der Waals surface area contributed by atoms with Crippen molar-refractivity contribution in [3.8, 4) is 0 Å². The average molecular weight is 243 g/mol. The summed E-state index contributed by atoms with van der Waals surface area (Å²) in [7, 11) is 1.40. The summed E-state index contributed by atoms with van der Waals surface area (Å²) in [6.45, 7) is 7.91. The van der Waals surface area contributed by atoms with Gasteiger partial charge in [-0.25, -0.2) is 4.79 Å². The topological polar surface area (TPSA) is 49.8 Å². The van der Waals surface area contributed by atoms with Gasteiger partial charge in [0.2, 0.25) is 0 Å². The molecule has 4 heteroatoms. The first-order valence-corrected chi connectivity index (χ1v) is 6.19. The molecule has 17 heavy (non-hydrogen) atoms. The molecule has 0 rings (SSSR count). The van der Waals surface area contributed by atoms with Crippen molar-refractivity contribution in [2.75, 3.05) is 26.8 Å². The van der Waals surface area contributed by atoms with Crippen LogP contribution in [0.1, 0.15) is 33.6 Å². The molecule has 4 nitrogen and oxygen atoms in total. The second-order valence-electron chi connectivity index (χ2n) is 4.24. The van der Waals surface area contributed by atoms with Crippen LogP contribution in [-0.4, -0.2) is 48.8 Å². The Morgan fingerprint density at radius 1 is 1.47 bits per heavy atom. The Hall–Kier alpha value is -0.870. The molecular weight excluding hydrogens is 218 g/mol. The minimum Gasteiger partial charge on any atom is -0.466 e. The first-order valence-electron chi connectivity index (χ1n) is 6.19. The lowest BCUT2D eigenvalue weighted by molar-refractivity contribution is -0.136. The summed E-state index contributed by atoms with van der Waals surface area (Å²) in [5, 5.41) is 8.83. The molecule has 0 bridgehead atoms. The van der Waals surface area contributed by atoms with Crippen LogP contribution >= 0.6 is 0 Å². The molecule has 0 aromatic rings. The lowest BCUT2D eigenvalue weighted by atomic mass is 10.2. The van der Waals surface area contributed by atoms with Gasteiger partial charge in [0.1, 0.15) is 0 Å². The summed E-state index contributed by atoms with van der Waals surface area (Å²) in [6, 6.07) is 0.397. The third kappa shape index (κ3) is 6.44. The van der Waals surface area contributed by atoms with Crippen molar-refractivity contribution in [1.82, 2.24) is 4.90 Å². The van der Waals surface area contributed by atoms with Gasteiger partial charge in [0.15, 0.2) is 0 Å². The van der Waals surface area contributed by atoms with Crippen LogP contribution in [0.25, 0.3) is 0 Å². The van der Waals surface area contributed by atoms with Crippen molar-refractivity contribution in [2.45, 2.75) is 39.7 Å². The fourth-order valence-corrected chi connectivity index (χ4v) is 1.56. The van der Waals surface area contributed by atoms with Gasteiger partial charge in [0.25, 0.3) is 0 Å². The predicted molar refractivity (Wildman–Crippen MR) is 68.8 cm³/mol. The van der Waals surface area contributed by atoms with Gasteiger partial charge in [-0.1, -0.05) is 13.0 Å². The molecular formula is C13H25NO3. The van der Waals surface area contributed by atoms with Crippen LogP contribution in [0, 0.1) is 0 Å². The number of methoxy groups -OCH3 is 1. The number of nitrogens with zero attached hydrogens (tertiary/aromatic N) is 1. The number of esters is 1. The number of hydrogen-bond donors (Lipinski definition) is 1. The Kier molecular flexibility index (Phi) is 8.72. The molecule has 0 amide bonds. The van der Waals surface area contributed by atoms with Gasteiger partial charge in [-0.05, 0) is 26.7 Å². The normalized spacial score (nSPS) is 12.3. The number of carbonyl (C=O) groups excluding carboxylic acids is 1. The van der Waals surface area contributed by atoms with Crippen LogP contribution in [0.4, 0.5) is 0 Å². The maximum atomic E-state index is 11.4. The fraction of sp³-hybridized carbons (Fsp3) is 0.769. The number of ether oxygens (including phenoxy) is 1. The Labute approximate surface area is 104 Å². The summed E-state index contributed by atoms with van der Waals surface area (Å²) in [5.41, 5.74) is 0.710. The zero-order chi connectivity index (χ0) is 13.3. The van der Waals surface area contributed by atoms with Crippen molar-refractivity contribution in [3.63, 3.8) is 0 Å². The first-order chi connectivity index (χ1) is 8.06. The van der Waals surface area contributed by atoms with Gasteiger partial charge in [0.05, 0.1) is 7.11 Å². The zero-order valence-electron chi connectivity index (χ0n) is 11.4. The lowest BCUT2D eigenvalue weighted by Crippen LogP contribution is -2.32. The van der Waals surface area contributed by atoms with Crippen LogP contribution < -0.4 is 0 Å². The number of hydrogen-bond acceptors (Lipinski definition) is 4. The first kappa shape index (κ1) is 16.1. The van der Waals surface area contributed by atoms with Crippen LogP contribution in [0.5, 0.6) is 0 Å². The van der Waals surface area contributed by atoms with E-state index in [1.165, 1.54) is 7.11 Å². The van der Waals surface area contributed by atoms with Crippen LogP contribution in [-0.2, 0) is 9.53 Å². The fourth-order valence-electron chi connectivity index (χ4n) is 1.56. The maximum absolute atomic E-state index is 11.4. The van der Waals surface area contributed by atoms with Crippen LogP contribution in [0.15, 0.2) is 11.6 Å². The Morgan fingerprint density at radius 2 is 2.12 bits per heavy atom. The average Bonchev–Trinajstić information content (AvgIpc) is 2.32. The molecule has 0 fully saturated rings. The third-order valence-electron chi connectivity index (χ3n) is 2.73. The molecule has 0 aromatic heterocycles. The van der Waals surface area contributed by atoms with Gasteiger partial charge in [-0.3, -0.25) is 4.90 Å². The SMILES string of the molecule is CCC(=CCN(CCCO)C(C)C)C(=O)OC. The van der Waals surface area contributed by atoms with Crippen molar-refractivity contribution >= 4 is 5.97 Å². The van der Waals surface area contributed by atoms with E-state index >= 15 is 0 Å². The van der Waals surface area contributed by atoms with E-state index in [0.29, 0.717) is 18.0 Å². The summed E-state index contributed by atoms with van der Waals surface area (Å²) in [4.78, 5) is 13.6. The molecule has 0 atom stereocenters. The van der Waals surface area contributed by atoms with Crippen LogP contribution in [0.3, 0.4) is 0 Å². The molecule has 0 aliphatic carbocycles. The summed E-state index contributed by atoms with van der Waals surface area (Å²) < 4.78 is 4.71. The molecule has 100 valence electrons. The van der Waals surface area contributed by atoms with E-state index in [4.69, 9.17) is 9.84 Å². The van der Waals surface area contributed by atoms with Crippen LogP contribution in [0.2, 0.25) is 0 Å². The van der Waals surface area contributed by atoms with E-state index in [9.17, 15) is 4.79 Å². The number of aliphatic hydroxyl groups excluding tert-OH is 1. The number of aliphatic hydroxyl groups is 1. The van der Waals surface area contributed by atoms with Crippen molar-refractivity contribution < 1.29 is 14.6 Å². The Morgan fingerprint density at radius 3 is 2.53 bits per heavy atom. The minimum absolute atomic E-state index is 0.199. The van der Waals surface area contributed by atoms with Crippen molar-refractivity contribution in [2.24, 2.45) is 0 Å². The highest BCUT2D eigenvalue weighted by Gasteiger charge is 2.10. The Bertz CT molecular complexity index is 249. The van der Waals surface area contributed by atoms with Gasteiger partial charge in [-0.15, -0.1) is 0 Å². The molecule has 1 N–H and O–H groups in total. The molecule has 0 saturated carbocycles. The second kappa shape index (κ2) is 9.19. The van der Waals surface area contributed by atoms with E-state index in [-0.39, 0.29) is 12.6 Å². The van der Waals surface area contributed by atoms with E-state index < -0.39 is 0 Å². The van der Waals surface area contributed by atoms with Gasteiger partial charge >= 0.3 is 5.97 Å². The second-order valence-corrected chi connectivity index (χ2v) is 4.24. The zero-order valence-corrected chi connectivity index (χ0v) is 11.4. The monoisotopic (exact) mass is 243 g/mol. The smallest absolute Gasteiger partial charge is 0.333 e. The highest BCUT2D eigenvalue weighted by Crippen LogP contribution is 2.06. The van der Waals surface area contributed by atoms with Crippen molar-refractivity contribution in [3.05, 3.63) is 11.6 Å². The molecule has 0 spiro atoms. The minimum atomic E-state index is -0.252. The van der Waals surface area contributed by atoms with Gasteiger partial charge in [-0.2, -0.15) is 0 Å². The highest BCUT2D eigenvalue weighted by molar-refractivity contribution is 5.88. The number of rotatable bonds is 8. The van der Waals surface area contributed by atoms with E-state index in [1.807, 2.05) is 13.0 Å². The molecule has 0 aliphatic rings. The lowest BCUT2D eigenvalue weighted by Gasteiger charge is -2.24. The van der Waals surface area contributed by atoms with Crippen molar-refractivity contribution in [1.29, 1.82) is 0 Å². The quantitative estimate of drug-likeness (QED) is 0.519. The van der Waals surface area contributed by atoms with E-state index in [2.05, 4.69) is 18.7 Å². The van der Waals surface area contributed by atoms with E-state index in [1.54, 1.807) is 0 Å². The molecule has 0 aliphatic heterocycles. The summed E-state index contributed by atoms with van der Waals surface area (Å²) in [5.74, 6) is -0.252. The molecule has 0 unspecified atom stereocenters. The highest BCUT2D eigenvalue weighted by atomic mass is 16.5. The number of carbonyl (C=O) groups is 1.